The molecule has 5 N–H and O–H groups in total. The number of piperazine rings is 1. The molecule has 1 saturated heterocycles. The maximum absolute atomic E-state index is 5.91. The van der Waals surface area contributed by atoms with E-state index in [0.29, 0.717) is 5.82 Å². The molecule has 0 atom stereocenters. The van der Waals surface area contributed by atoms with Gasteiger partial charge in [0.25, 0.3) is 0 Å². The number of hydrogen-bond acceptors (Lipinski definition) is 8. The van der Waals surface area contributed by atoms with Gasteiger partial charge in [-0.2, -0.15) is 4.98 Å². The van der Waals surface area contributed by atoms with Crippen LogP contribution in [0.15, 0.2) is 18.3 Å². The first-order valence-electron chi connectivity index (χ1n) is 9.06. The summed E-state index contributed by atoms with van der Waals surface area (Å²) in [4.78, 5) is 17.5. The monoisotopic (exact) mass is 366 g/mol. The number of aromatic nitrogens is 3. The summed E-state index contributed by atoms with van der Waals surface area (Å²) in [6, 6.07) is 3.59. The van der Waals surface area contributed by atoms with Gasteiger partial charge in [-0.25, -0.2) is 9.97 Å². The van der Waals surface area contributed by atoms with Crippen molar-refractivity contribution in [3.05, 3.63) is 35.2 Å². The third-order valence-corrected chi connectivity index (χ3v) is 4.56. The zero-order valence-electron chi connectivity index (χ0n) is 15.9. The van der Waals surface area contributed by atoms with Crippen LogP contribution in [0.1, 0.15) is 16.8 Å². The van der Waals surface area contributed by atoms with Crippen LogP contribution in [0.25, 0.3) is 0 Å². The van der Waals surface area contributed by atoms with E-state index in [9.17, 15) is 0 Å². The van der Waals surface area contributed by atoms with Crippen LogP contribution >= 0.6 is 0 Å². The second-order valence-corrected chi connectivity index (χ2v) is 6.52. The van der Waals surface area contributed by atoms with Gasteiger partial charge in [0.2, 0.25) is 5.95 Å². The molecule has 1 aliphatic rings. The highest BCUT2D eigenvalue weighted by Gasteiger charge is 2.21. The van der Waals surface area contributed by atoms with Crippen LogP contribution in [0, 0.1) is 18.8 Å². The van der Waals surface area contributed by atoms with E-state index in [0.717, 1.165) is 61.9 Å². The quantitative estimate of drug-likeness (QED) is 0.653. The van der Waals surface area contributed by atoms with E-state index in [1.54, 1.807) is 12.3 Å². The molecule has 1 aliphatic heterocycles. The van der Waals surface area contributed by atoms with Crippen molar-refractivity contribution in [2.24, 2.45) is 0 Å². The molecule has 142 valence electrons. The fraction of sp³-hybridized carbons (Fsp3) is 0.421. The Morgan fingerprint density at radius 2 is 1.89 bits per heavy atom. The van der Waals surface area contributed by atoms with Crippen LogP contribution in [0.3, 0.4) is 0 Å². The molecular formula is C19H26N8. The van der Waals surface area contributed by atoms with Crippen LogP contribution in [0.5, 0.6) is 0 Å². The van der Waals surface area contributed by atoms with Crippen LogP contribution in [-0.2, 0) is 0 Å². The fourth-order valence-electron chi connectivity index (χ4n) is 3.02. The van der Waals surface area contributed by atoms with Gasteiger partial charge in [-0.1, -0.05) is 11.8 Å². The molecule has 1 fully saturated rings. The fourth-order valence-corrected chi connectivity index (χ4v) is 3.02. The number of nitrogens with one attached hydrogen (secondary N) is 1. The lowest BCUT2D eigenvalue weighted by molar-refractivity contribution is 0.259. The number of likely N-dealkylation sites (N-methyl/N-ethyl adjacent to an activating group) is 1. The third-order valence-electron chi connectivity index (χ3n) is 4.56. The standard InChI is InChI=1S/C19H26N8/c1-14-16(5-3-15-4-6-17(20)23-13-15)18(25-19(21)24-14)27-11-9-26(10-12-27)8-7-22-2/h4,6,13,22H,7-12H2,1-2H3,(H2,20,23)(H2,21,24,25). The minimum Gasteiger partial charge on any atom is -0.384 e. The predicted octanol–water partition coefficient (Wildman–Crippen LogP) is 0.0856. The van der Waals surface area contributed by atoms with Crippen molar-refractivity contribution in [2.45, 2.75) is 6.92 Å². The average molecular weight is 366 g/mol. The molecule has 0 unspecified atom stereocenters. The van der Waals surface area contributed by atoms with Gasteiger partial charge in [0, 0.05) is 51.0 Å². The van der Waals surface area contributed by atoms with Crippen molar-refractivity contribution in [2.75, 3.05) is 62.7 Å². The topological polar surface area (TPSA) is 109 Å². The molecule has 0 bridgehead atoms. The molecule has 8 heteroatoms. The first-order valence-corrected chi connectivity index (χ1v) is 9.06. The van der Waals surface area contributed by atoms with Gasteiger partial charge in [-0.3, -0.25) is 4.90 Å². The van der Waals surface area contributed by atoms with Crippen molar-refractivity contribution >= 4 is 17.6 Å². The van der Waals surface area contributed by atoms with E-state index in [1.165, 1.54) is 0 Å². The smallest absolute Gasteiger partial charge is 0.222 e. The number of anilines is 3. The summed E-state index contributed by atoms with van der Waals surface area (Å²) in [5.74, 6) is 7.90. The van der Waals surface area contributed by atoms with Crippen molar-refractivity contribution < 1.29 is 0 Å². The lowest BCUT2D eigenvalue weighted by Crippen LogP contribution is -2.48. The number of nitrogens with zero attached hydrogens (tertiary/aromatic N) is 5. The summed E-state index contributed by atoms with van der Waals surface area (Å²) in [6.45, 7) is 7.70. The highest BCUT2D eigenvalue weighted by molar-refractivity contribution is 5.61. The number of hydrogen-bond donors (Lipinski definition) is 3. The van der Waals surface area contributed by atoms with Crippen molar-refractivity contribution in [3.63, 3.8) is 0 Å². The zero-order chi connectivity index (χ0) is 19.2. The summed E-state index contributed by atoms with van der Waals surface area (Å²) in [5.41, 5.74) is 13.9. The van der Waals surface area contributed by atoms with E-state index in [2.05, 4.69) is 41.9 Å². The molecule has 0 amide bonds. The van der Waals surface area contributed by atoms with E-state index >= 15 is 0 Å². The molecule has 2 aromatic rings. The van der Waals surface area contributed by atoms with Gasteiger partial charge < -0.3 is 21.7 Å². The maximum atomic E-state index is 5.91. The Balaban J connectivity index is 1.83. The third kappa shape index (κ3) is 4.84. The number of aryl methyl sites for hydroxylation is 1. The van der Waals surface area contributed by atoms with Crippen LogP contribution in [-0.4, -0.2) is 66.2 Å². The Hall–Kier alpha value is -2.89. The minimum absolute atomic E-state index is 0.278. The SMILES string of the molecule is CNCCN1CCN(c2nc(N)nc(C)c2C#Cc2ccc(N)nc2)CC1. The molecule has 27 heavy (non-hydrogen) atoms. The van der Waals surface area contributed by atoms with Gasteiger partial charge >= 0.3 is 0 Å². The van der Waals surface area contributed by atoms with Crippen molar-refractivity contribution in [1.82, 2.24) is 25.2 Å². The average Bonchev–Trinajstić information content (AvgIpc) is 2.67. The summed E-state index contributed by atoms with van der Waals surface area (Å²) in [6.07, 6.45) is 1.66. The molecule has 8 nitrogen and oxygen atoms in total. The van der Waals surface area contributed by atoms with E-state index in [-0.39, 0.29) is 5.95 Å². The Morgan fingerprint density at radius 3 is 2.56 bits per heavy atom. The molecule has 0 aliphatic carbocycles. The molecule has 0 radical (unpaired) electrons. The largest absolute Gasteiger partial charge is 0.384 e. The Bertz CT molecular complexity index is 829. The van der Waals surface area contributed by atoms with Crippen LogP contribution in [0.4, 0.5) is 17.6 Å². The lowest BCUT2D eigenvalue weighted by Gasteiger charge is -2.35. The summed E-state index contributed by atoms with van der Waals surface area (Å²) in [7, 11) is 1.98. The minimum atomic E-state index is 0.278. The number of nitrogen functional groups attached to an aromatic ring is 2. The molecular weight excluding hydrogens is 340 g/mol. The zero-order valence-corrected chi connectivity index (χ0v) is 15.9. The summed E-state index contributed by atoms with van der Waals surface area (Å²) in [5, 5.41) is 3.19. The number of pyridine rings is 1. The van der Waals surface area contributed by atoms with Gasteiger partial charge in [0.15, 0.2) is 0 Å². The van der Waals surface area contributed by atoms with E-state index < -0.39 is 0 Å². The van der Waals surface area contributed by atoms with Crippen molar-refractivity contribution in [3.8, 4) is 11.8 Å². The number of rotatable bonds is 4. The van der Waals surface area contributed by atoms with Crippen LogP contribution in [0.2, 0.25) is 0 Å². The Labute approximate surface area is 160 Å². The second-order valence-electron chi connectivity index (χ2n) is 6.52. The second kappa shape index (κ2) is 8.66. The summed E-state index contributed by atoms with van der Waals surface area (Å²) < 4.78 is 0. The predicted molar refractivity (Wildman–Crippen MR) is 108 cm³/mol. The Morgan fingerprint density at radius 1 is 1.11 bits per heavy atom. The highest BCUT2D eigenvalue weighted by Crippen LogP contribution is 2.22. The van der Waals surface area contributed by atoms with E-state index in [4.69, 9.17) is 11.5 Å². The van der Waals surface area contributed by atoms with Gasteiger partial charge in [-0.05, 0) is 26.1 Å². The Kier molecular flexibility index (Phi) is 6.06. The van der Waals surface area contributed by atoms with Gasteiger partial charge in [-0.15, -0.1) is 0 Å². The molecule has 0 aromatic carbocycles. The van der Waals surface area contributed by atoms with E-state index in [1.807, 2.05) is 20.0 Å². The highest BCUT2D eigenvalue weighted by atomic mass is 15.3. The normalized spacial score (nSPS) is 14.7. The number of nitrogens with two attached hydrogens (primary N) is 2. The molecule has 0 spiro atoms. The first-order chi connectivity index (χ1) is 13.1. The summed E-state index contributed by atoms with van der Waals surface area (Å²) >= 11 is 0. The molecule has 3 rings (SSSR count). The van der Waals surface area contributed by atoms with Crippen LogP contribution < -0.4 is 21.7 Å². The molecule has 2 aromatic heterocycles. The maximum Gasteiger partial charge on any atom is 0.222 e. The van der Waals surface area contributed by atoms with Crippen molar-refractivity contribution in [1.29, 1.82) is 0 Å². The lowest BCUT2D eigenvalue weighted by atomic mass is 10.1. The molecule has 3 heterocycles. The molecule has 0 saturated carbocycles. The van der Waals surface area contributed by atoms with Gasteiger partial charge in [0.1, 0.15) is 11.6 Å². The first kappa shape index (κ1) is 18.9. The van der Waals surface area contributed by atoms with Gasteiger partial charge in [0.05, 0.1) is 11.3 Å².